The second kappa shape index (κ2) is 8.93. The summed E-state index contributed by atoms with van der Waals surface area (Å²) in [5.74, 6) is -3.97. The molecule has 1 unspecified atom stereocenters. The standard InChI is InChI=1S/C25H22FN3O5/c1-13-18(14(2)28-20(13)25(33)34-3)22(30)19-21(16-8-4-5-9-17(16)26)29(24(32)23(19)31)12-15-7-6-10-27-11-15/h4-11,21,28,30H,12H2,1-3H3. The molecule has 1 atom stereocenters. The van der Waals surface area contributed by atoms with E-state index in [0.717, 1.165) is 0 Å². The van der Waals surface area contributed by atoms with Gasteiger partial charge in [-0.3, -0.25) is 9.59 Å². The zero-order valence-electron chi connectivity index (χ0n) is 18.8. The fourth-order valence-electron chi connectivity index (χ4n) is 4.31. The zero-order chi connectivity index (χ0) is 24.6. The number of rotatable bonds is 5. The van der Waals surface area contributed by atoms with E-state index in [1.807, 2.05) is 0 Å². The van der Waals surface area contributed by atoms with Gasteiger partial charge in [-0.2, -0.15) is 0 Å². The number of likely N-dealkylation sites (tertiary alicyclic amines) is 1. The number of halogens is 1. The van der Waals surface area contributed by atoms with Gasteiger partial charge in [-0.05, 0) is 37.1 Å². The maximum absolute atomic E-state index is 14.9. The number of hydrogen-bond donors (Lipinski definition) is 1. The lowest BCUT2D eigenvalue weighted by molar-refractivity contribution is -0.378. The van der Waals surface area contributed by atoms with E-state index >= 15 is 0 Å². The van der Waals surface area contributed by atoms with Crippen molar-refractivity contribution in [2.24, 2.45) is 0 Å². The Morgan fingerprint density at radius 1 is 1.21 bits per heavy atom. The second-order valence-corrected chi connectivity index (χ2v) is 7.96. The van der Waals surface area contributed by atoms with Gasteiger partial charge >= 0.3 is 5.97 Å². The predicted octanol–water partition coefficient (Wildman–Crippen LogP) is 1.80. The van der Waals surface area contributed by atoms with Crippen LogP contribution in [0.3, 0.4) is 0 Å². The molecule has 0 aliphatic carbocycles. The number of aryl methyl sites for hydroxylation is 1. The van der Waals surface area contributed by atoms with Gasteiger partial charge in [0.1, 0.15) is 11.5 Å². The molecule has 0 bridgehead atoms. The van der Waals surface area contributed by atoms with Gasteiger partial charge in [0, 0.05) is 28.5 Å². The van der Waals surface area contributed by atoms with E-state index in [0.29, 0.717) is 11.3 Å². The maximum atomic E-state index is 14.9. The summed E-state index contributed by atoms with van der Waals surface area (Å²) in [4.78, 5) is 45.2. The minimum Gasteiger partial charge on any atom is -0.872 e. The molecular formula is C25H22FN3O5. The van der Waals surface area contributed by atoms with Crippen LogP contribution in [0.15, 0.2) is 54.4 Å². The number of ether oxygens (including phenoxy) is 1. The number of methoxy groups -OCH3 is 1. The first kappa shape index (κ1) is 22.9. The highest BCUT2D eigenvalue weighted by Crippen LogP contribution is 2.41. The van der Waals surface area contributed by atoms with Crippen molar-refractivity contribution in [3.8, 4) is 0 Å². The van der Waals surface area contributed by atoms with E-state index in [9.17, 15) is 23.9 Å². The normalized spacial score (nSPS) is 17.3. The molecule has 8 nitrogen and oxygen atoms in total. The first-order chi connectivity index (χ1) is 16.3. The number of amides is 1. The summed E-state index contributed by atoms with van der Waals surface area (Å²) in [6.45, 7) is 3.10. The molecule has 2 aromatic heterocycles. The van der Waals surface area contributed by atoms with Crippen LogP contribution in [0, 0.1) is 19.7 Å². The van der Waals surface area contributed by atoms with Crippen molar-refractivity contribution in [3.63, 3.8) is 0 Å². The number of esters is 1. The zero-order valence-corrected chi connectivity index (χ0v) is 18.8. The van der Waals surface area contributed by atoms with Crippen molar-refractivity contribution < 1.29 is 33.6 Å². The molecule has 3 aromatic rings. The molecule has 1 aromatic carbocycles. The summed E-state index contributed by atoms with van der Waals surface area (Å²) in [5, 5.41) is 13.7. The van der Waals surface area contributed by atoms with Crippen LogP contribution < -0.4 is 10.1 Å². The minimum absolute atomic E-state index is 0.0177. The number of nitrogens with one attached hydrogen (secondary N) is 2. The topological polar surface area (TPSA) is 117 Å². The largest absolute Gasteiger partial charge is 0.872 e. The molecule has 1 aliphatic rings. The SMILES string of the molecule is COC(=O)c1[nH]c(C)c(C([O-])=C2C(=O)C(=O)N(Cc3ccc[nH+]c3)C2c2ccccc2F)c1C. The number of Topliss-reactive ketones (excluding diaryl/α,β-unsaturated/α-hetero) is 1. The Labute approximate surface area is 194 Å². The van der Waals surface area contributed by atoms with E-state index in [2.05, 4.69) is 9.97 Å². The first-order valence-electron chi connectivity index (χ1n) is 10.5. The van der Waals surface area contributed by atoms with E-state index in [4.69, 9.17) is 4.74 Å². The Hall–Kier alpha value is -4.27. The molecule has 2 N–H and O–H groups in total. The molecule has 0 saturated carbocycles. The molecule has 0 spiro atoms. The maximum Gasteiger partial charge on any atom is 0.354 e. The fourth-order valence-corrected chi connectivity index (χ4v) is 4.31. The van der Waals surface area contributed by atoms with Crippen molar-refractivity contribution >= 4 is 23.4 Å². The Balaban J connectivity index is 1.93. The van der Waals surface area contributed by atoms with Gasteiger partial charge in [0.25, 0.3) is 5.91 Å². The van der Waals surface area contributed by atoms with Crippen LogP contribution in [0.1, 0.15) is 44.5 Å². The molecule has 9 heteroatoms. The summed E-state index contributed by atoms with van der Waals surface area (Å²) < 4.78 is 19.7. The number of nitrogens with zero attached hydrogens (tertiary/aromatic N) is 1. The highest BCUT2D eigenvalue weighted by atomic mass is 19.1. The van der Waals surface area contributed by atoms with E-state index in [-0.39, 0.29) is 34.5 Å². The third kappa shape index (κ3) is 3.75. The van der Waals surface area contributed by atoms with Crippen molar-refractivity contribution in [1.29, 1.82) is 0 Å². The van der Waals surface area contributed by atoms with Gasteiger partial charge in [-0.1, -0.05) is 24.0 Å². The van der Waals surface area contributed by atoms with Crippen LogP contribution in [0.2, 0.25) is 0 Å². The summed E-state index contributed by atoms with van der Waals surface area (Å²) >= 11 is 0. The number of ketones is 1. The number of pyridine rings is 1. The number of hydrogen-bond acceptors (Lipinski definition) is 5. The number of aromatic nitrogens is 2. The third-order valence-corrected chi connectivity index (χ3v) is 5.91. The van der Waals surface area contributed by atoms with Crippen LogP contribution in [0.25, 0.3) is 5.76 Å². The molecule has 3 heterocycles. The molecule has 4 rings (SSSR count). The number of carbonyl (C=O) groups is 3. The summed E-state index contributed by atoms with van der Waals surface area (Å²) in [5.41, 5.74) is 1.10. The molecule has 1 amide bonds. The van der Waals surface area contributed by atoms with Crippen LogP contribution in [0.5, 0.6) is 0 Å². The first-order valence-corrected chi connectivity index (χ1v) is 10.5. The van der Waals surface area contributed by atoms with Crippen LogP contribution in [-0.4, -0.2) is 34.7 Å². The smallest absolute Gasteiger partial charge is 0.354 e. The lowest BCUT2D eigenvalue weighted by Gasteiger charge is -2.27. The minimum atomic E-state index is -1.23. The Kier molecular flexibility index (Phi) is 6.02. The van der Waals surface area contributed by atoms with E-state index < -0.39 is 35.3 Å². The number of carbonyl (C=O) groups excluding carboxylic acids is 3. The van der Waals surface area contributed by atoms with Gasteiger partial charge in [-0.15, -0.1) is 0 Å². The molecule has 1 fully saturated rings. The van der Waals surface area contributed by atoms with Gasteiger partial charge < -0.3 is 19.7 Å². The summed E-state index contributed by atoms with van der Waals surface area (Å²) in [6.07, 6.45) is 3.34. The number of aromatic amines is 2. The quantitative estimate of drug-likeness (QED) is 0.268. The van der Waals surface area contributed by atoms with Gasteiger partial charge in [-0.25, -0.2) is 14.2 Å². The molecule has 1 aliphatic heterocycles. The molecule has 174 valence electrons. The predicted molar refractivity (Wildman–Crippen MR) is 116 cm³/mol. The summed E-state index contributed by atoms with van der Waals surface area (Å²) in [7, 11) is 1.21. The Bertz CT molecular complexity index is 1330. The van der Waals surface area contributed by atoms with Crippen LogP contribution >= 0.6 is 0 Å². The average molecular weight is 463 g/mol. The van der Waals surface area contributed by atoms with Crippen molar-refractivity contribution in [2.75, 3.05) is 7.11 Å². The monoisotopic (exact) mass is 463 g/mol. The van der Waals surface area contributed by atoms with Crippen molar-refractivity contribution in [3.05, 3.63) is 93.8 Å². The third-order valence-electron chi connectivity index (χ3n) is 5.91. The lowest BCUT2D eigenvalue weighted by atomic mass is 9.93. The highest BCUT2D eigenvalue weighted by molar-refractivity contribution is 6.46. The number of H-pyrrole nitrogens is 2. The molecule has 1 saturated heterocycles. The van der Waals surface area contributed by atoms with Gasteiger partial charge in [0.15, 0.2) is 12.4 Å². The van der Waals surface area contributed by atoms with Crippen molar-refractivity contribution in [2.45, 2.75) is 26.4 Å². The average Bonchev–Trinajstić information content (AvgIpc) is 3.26. The molecule has 0 radical (unpaired) electrons. The number of benzene rings is 1. The fraction of sp³-hybridized carbons (Fsp3) is 0.200. The van der Waals surface area contributed by atoms with Crippen molar-refractivity contribution in [1.82, 2.24) is 9.88 Å². The molecule has 34 heavy (non-hydrogen) atoms. The van der Waals surface area contributed by atoms with E-state index in [1.54, 1.807) is 44.4 Å². The van der Waals surface area contributed by atoms with Gasteiger partial charge in [0.05, 0.1) is 19.7 Å². The summed E-state index contributed by atoms with van der Waals surface area (Å²) in [6, 6.07) is 7.95. The van der Waals surface area contributed by atoms with Gasteiger partial charge in [0.2, 0.25) is 5.78 Å². The lowest BCUT2D eigenvalue weighted by Crippen LogP contribution is -2.30. The second-order valence-electron chi connectivity index (χ2n) is 7.96. The van der Waals surface area contributed by atoms with Crippen LogP contribution in [-0.2, 0) is 20.9 Å². The Morgan fingerprint density at radius 2 is 1.94 bits per heavy atom. The highest BCUT2D eigenvalue weighted by Gasteiger charge is 2.45. The van der Waals surface area contributed by atoms with E-state index in [1.165, 1.54) is 30.2 Å². The Morgan fingerprint density at radius 3 is 2.59 bits per heavy atom. The molecular weight excluding hydrogens is 441 g/mol. The van der Waals surface area contributed by atoms with Crippen LogP contribution in [0.4, 0.5) is 4.39 Å².